The van der Waals surface area contributed by atoms with E-state index in [9.17, 15) is 5.11 Å². The average molecular weight is 267 g/mol. The van der Waals surface area contributed by atoms with Crippen LogP contribution in [0, 0.1) is 0 Å². The zero-order valence-electron chi connectivity index (χ0n) is 11.9. The summed E-state index contributed by atoms with van der Waals surface area (Å²) in [5.41, 5.74) is 1.12. The van der Waals surface area contributed by atoms with Crippen LogP contribution in [0.5, 0.6) is 0 Å². The molecule has 0 radical (unpaired) electrons. The summed E-state index contributed by atoms with van der Waals surface area (Å²) in [5.74, 6) is 1.07. The van der Waals surface area contributed by atoms with Gasteiger partial charge in [-0.05, 0) is 13.3 Å². The molecule has 1 aliphatic heterocycles. The number of aliphatic hydroxyl groups is 1. The number of nitrogens with one attached hydrogen (secondary N) is 1. The van der Waals surface area contributed by atoms with Crippen LogP contribution in [0.4, 0.5) is 0 Å². The van der Waals surface area contributed by atoms with Gasteiger partial charge < -0.3 is 14.8 Å². The summed E-state index contributed by atoms with van der Waals surface area (Å²) in [4.78, 5) is 9.97. The maximum absolute atomic E-state index is 9.90. The molecule has 2 atom stereocenters. The highest BCUT2D eigenvalue weighted by molar-refractivity contribution is 5.02. The molecule has 0 spiro atoms. The van der Waals surface area contributed by atoms with Crippen LogP contribution in [-0.4, -0.2) is 51.9 Å². The van der Waals surface area contributed by atoms with Crippen molar-refractivity contribution in [3.8, 4) is 0 Å². The Morgan fingerprint density at radius 2 is 2.32 bits per heavy atom. The van der Waals surface area contributed by atoms with E-state index in [4.69, 9.17) is 4.74 Å². The first kappa shape index (κ1) is 14.5. The van der Waals surface area contributed by atoms with Gasteiger partial charge in [0.15, 0.2) is 0 Å². The van der Waals surface area contributed by atoms with Crippen molar-refractivity contribution >= 4 is 0 Å². The normalized spacial score (nSPS) is 24.2. The lowest BCUT2D eigenvalue weighted by atomic mass is 10.2. The number of hydrogen-bond donors (Lipinski definition) is 2. The van der Waals surface area contributed by atoms with Crippen LogP contribution in [0.1, 0.15) is 38.2 Å². The van der Waals surface area contributed by atoms with Crippen LogP contribution in [0.15, 0.2) is 6.20 Å². The van der Waals surface area contributed by atoms with Gasteiger partial charge in [-0.15, -0.1) is 0 Å². The van der Waals surface area contributed by atoms with Gasteiger partial charge in [-0.25, -0.2) is 4.98 Å². The van der Waals surface area contributed by atoms with Gasteiger partial charge in [0, 0.05) is 44.6 Å². The summed E-state index contributed by atoms with van der Waals surface area (Å²) in [6, 6.07) is 0. The topological polar surface area (TPSA) is 61.4 Å². The molecule has 2 N–H and O–H groups in total. The fourth-order valence-corrected chi connectivity index (χ4v) is 2.54. The summed E-state index contributed by atoms with van der Waals surface area (Å²) in [6.45, 7) is 7.07. The molecule has 1 fully saturated rings. The maximum Gasteiger partial charge on any atom is 0.106 e. The number of hydrogen-bond acceptors (Lipinski definition) is 4. The lowest BCUT2D eigenvalue weighted by molar-refractivity contribution is -0.00245. The van der Waals surface area contributed by atoms with Crippen molar-refractivity contribution in [2.75, 3.05) is 19.7 Å². The molecule has 5 heteroatoms. The fourth-order valence-electron chi connectivity index (χ4n) is 2.54. The van der Waals surface area contributed by atoms with E-state index in [2.05, 4.69) is 21.8 Å². The van der Waals surface area contributed by atoms with Crippen molar-refractivity contribution in [2.45, 2.75) is 51.9 Å². The van der Waals surface area contributed by atoms with Crippen molar-refractivity contribution in [2.24, 2.45) is 0 Å². The summed E-state index contributed by atoms with van der Waals surface area (Å²) in [5, 5.41) is 9.90. The average Bonchev–Trinajstić information content (AvgIpc) is 2.96. The molecule has 1 saturated heterocycles. The van der Waals surface area contributed by atoms with Crippen molar-refractivity contribution < 1.29 is 9.84 Å². The molecule has 0 saturated carbocycles. The largest absolute Gasteiger partial charge is 0.389 e. The zero-order valence-corrected chi connectivity index (χ0v) is 11.9. The molecule has 2 rings (SSSR count). The highest BCUT2D eigenvalue weighted by atomic mass is 16.5. The molecule has 0 amide bonds. The number of likely N-dealkylation sites (tertiary alicyclic amines) is 1. The lowest BCUT2D eigenvalue weighted by Gasteiger charge is -2.14. The fraction of sp³-hybridized carbons (Fsp3) is 0.786. The van der Waals surface area contributed by atoms with Crippen LogP contribution < -0.4 is 0 Å². The van der Waals surface area contributed by atoms with Crippen molar-refractivity contribution in [1.82, 2.24) is 14.9 Å². The summed E-state index contributed by atoms with van der Waals surface area (Å²) in [7, 11) is 0. The third-order valence-corrected chi connectivity index (χ3v) is 3.54. The standard InChI is InChI=1S/C14H25N3O2/c1-3-5-6-14-15-7-11(16-14)8-17-9-12(18)13(10-17)19-4-2/h7,12-13,18H,3-6,8-10H2,1-2H3,(H,15,16)/t12-,13-/m1/s1. The van der Waals surface area contributed by atoms with Crippen molar-refractivity contribution in [3.63, 3.8) is 0 Å². The Bertz CT molecular complexity index is 381. The number of aryl methyl sites for hydroxylation is 1. The van der Waals surface area contributed by atoms with E-state index < -0.39 is 0 Å². The summed E-state index contributed by atoms with van der Waals surface area (Å²) in [6.07, 6.45) is 4.85. The van der Waals surface area contributed by atoms with Gasteiger partial charge in [-0.2, -0.15) is 0 Å². The summed E-state index contributed by atoms with van der Waals surface area (Å²) >= 11 is 0. The molecular formula is C14H25N3O2. The number of aromatic amines is 1. The number of rotatable bonds is 7. The van der Waals surface area contributed by atoms with Gasteiger partial charge in [0.25, 0.3) is 0 Å². The Labute approximate surface area is 115 Å². The molecule has 0 unspecified atom stereocenters. The number of aliphatic hydroxyl groups excluding tert-OH is 1. The second-order valence-corrected chi connectivity index (χ2v) is 5.21. The van der Waals surface area contributed by atoms with Gasteiger partial charge >= 0.3 is 0 Å². The van der Waals surface area contributed by atoms with E-state index in [0.717, 1.165) is 31.0 Å². The van der Waals surface area contributed by atoms with Crippen LogP contribution in [0.3, 0.4) is 0 Å². The first-order chi connectivity index (χ1) is 9.22. The number of ether oxygens (including phenoxy) is 1. The predicted octanol–water partition coefficient (Wildman–Crippen LogP) is 1.33. The number of H-pyrrole nitrogens is 1. The Kier molecular flexibility index (Phi) is 5.36. The molecule has 0 aliphatic carbocycles. The Morgan fingerprint density at radius 3 is 3.05 bits per heavy atom. The van der Waals surface area contributed by atoms with Crippen molar-refractivity contribution in [3.05, 3.63) is 17.7 Å². The molecule has 2 heterocycles. The second kappa shape index (κ2) is 7.03. The smallest absolute Gasteiger partial charge is 0.106 e. The number of nitrogens with zero attached hydrogens (tertiary/aromatic N) is 2. The zero-order chi connectivity index (χ0) is 13.7. The molecule has 19 heavy (non-hydrogen) atoms. The van der Waals surface area contributed by atoms with Crippen LogP contribution >= 0.6 is 0 Å². The van der Waals surface area contributed by atoms with Gasteiger partial charge in [0.05, 0.1) is 12.2 Å². The minimum absolute atomic E-state index is 0.0486. The number of aromatic nitrogens is 2. The molecule has 1 aliphatic rings. The molecule has 1 aromatic rings. The van der Waals surface area contributed by atoms with E-state index in [-0.39, 0.29) is 12.2 Å². The molecule has 108 valence electrons. The molecule has 5 nitrogen and oxygen atoms in total. The monoisotopic (exact) mass is 267 g/mol. The van der Waals surface area contributed by atoms with E-state index in [1.54, 1.807) is 0 Å². The quantitative estimate of drug-likeness (QED) is 0.782. The Hall–Kier alpha value is -0.910. The number of β-amino-alcohol motifs (C(OH)–C–C–N with tert-alkyl or cyclic N) is 1. The van der Waals surface area contributed by atoms with E-state index in [1.165, 1.54) is 12.8 Å². The van der Waals surface area contributed by atoms with Gasteiger partial charge in [0.1, 0.15) is 5.82 Å². The molecule has 1 aromatic heterocycles. The summed E-state index contributed by atoms with van der Waals surface area (Å²) < 4.78 is 5.52. The van der Waals surface area contributed by atoms with E-state index in [1.807, 2.05) is 13.1 Å². The van der Waals surface area contributed by atoms with Crippen molar-refractivity contribution in [1.29, 1.82) is 0 Å². The lowest BCUT2D eigenvalue weighted by Crippen LogP contribution is -2.26. The number of unbranched alkanes of at least 4 members (excludes halogenated alkanes) is 1. The number of imidazole rings is 1. The first-order valence-corrected chi connectivity index (χ1v) is 7.27. The van der Waals surface area contributed by atoms with Crippen LogP contribution in [0.2, 0.25) is 0 Å². The van der Waals surface area contributed by atoms with Gasteiger partial charge in [0.2, 0.25) is 0 Å². The third-order valence-electron chi connectivity index (χ3n) is 3.54. The highest BCUT2D eigenvalue weighted by Gasteiger charge is 2.31. The highest BCUT2D eigenvalue weighted by Crippen LogP contribution is 2.16. The minimum Gasteiger partial charge on any atom is -0.389 e. The van der Waals surface area contributed by atoms with E-state index >= 15 is 0 Å². The van der Waals surface area contributed by atoms with Gasteiger partial charge in [-0.3, -0.25) is 4.90 Å². The molecular weight excluding hydrogens is 242 g/mol. The Morgan fingerprint density at radius 1 is 1.47 bits per heavy atom. The van der Waals surface area contributed by atoms with Crippen LogP contribution in [0.25, 0.3) is 0 Å². The predicted molar refractivity (Wildman–Crippen MR) is 73.9 cm³/mol. The second-order valence-electron chi connectivity index (χ2n) is 5.21. The van der Waals surface area contributed by atoms with E-state index in [0.29, 0.717) is 13.2 Å². The SMILES string of the molecule is CCCCc1ncc(CN2C[C@@H](O)[C@H](OCC)C2)[nH]1. The third kappa shape index (κ3) is 4.03. The minimum atomic E-state index is -0.373. The van der Waals surface area contributed by atoms with Gasteiger partial charge in [-0.1, -0.05) is 13.3 Å². The maximum atomic E-state index is 9.90. The molecule has 0 bridgehead atoms. The van der Waals surface area contributed by atoms with Crippen LogP contribution in [-0.2, 0) is 17.7 Å². The molecule has 0 aromatic carbocycles. The Balaban J connectivity index is 1.83. The first-order valence-electron chi connectivity index (χ1n) is 7.27.